The lowest BCUT2D eigenvalue weighted by atomic mass is 9.86. The van der Waals surface area contributed by atoms with Gasteiger partial charge in [-0.1, -0.05) is 20.8 Å². The fourth-order valence-electron chi connectivity index (χ4n) is 1.51. The lowest BCUT2D eigenvalue weighted by molar-refractivity contribution is -0.146. The van der Waals surface area contributed by atoms with Crippen molar-refractivity contribution in [2.75, 3.05) is 7.11 Å². The second-order valence-electron chi connectivity index (χ2n) is 4.91. The van der Waals surface area contributed by atoms with Crippen LogP contribution in [0.2, 0.25) is 5.22 Å². The number of hydrogen-bond donors (Lipinski definition) is 1. The Kier molecular flexibility index (Phi) is 4.60. The molecule has 0 bridgehead atoms. The maximum atomic E-state index is 11.6. The highest BCUT2D eigenvalue weighted by Crippen LogP contribution is 2.21. The van der Waals surface area contributed by atoms with Crippen LogP contribution in [0.25, 0.3) is 0 Å². The quantitative estimate of drug-likeness (QED) is 0.845. The van der Waals surface area contributed by atoms with Gasteiger partial charge in [0.2, 0.25) is 0 Å². The van der Waals surface area contributed by atoms with Crippen molar-refractivity contribution in [1.29, 1.82) is 0 Å². The van der Waals surface area contributed by atoms with Gasteiger partial charge in [0.25, 0.3) is 0 Å². The predicted octanol–water partition coefficient (Wildman–Crippen LogP) is 2.61. The van der Waals surface area contributed by atoms with Crippen molar-refractivity contribution in [3.05, 3.63) is 23.1 Å². The van der Waals surface area contributed by atoms with E-state index in [2.05, 4.69) is 5.32 Å². The minimum absolute atomic E-state index is 0.233. The number of carbonyl (C=O) groups excluding carboxylic acids is 1. The normalized spacial score (nSPS) is 13.5. The van der Waals surface area contributed by atoms with Gasteiger partial charge in [-0.25, -0.2) is 0 Å². The van der Waals surface area contributed by atoms with E-state index in [0.29, 0.717) is 17.5 Å². The van der Waals surface area contributed by atoms with Crippen LogP contribution in [0.3, 0.4) is 0 Å². The zero-order valence-corrected chi connectivity index (χ0v) is 11.3. The smallest absolute Gasteiger partial charge is 0.323 e. The predicted molar refractivity (Wildman–Crippen MR) is 65.8 cm³/mol. The van der Waals surface area contributed by atoms with E-state index in [0.717, 1.165) is 0 Å². The van der Waals surface area contributed by atoms with Gasteiger partial charge >= 0.3 is 5.97 Å². The van der Waals surface area contributed by atoms with Gasteiger partial charge in [-0.15, -0.1) is 0 Å². The molecule has 5 heteroatoms. The van der Waals surface area contributed by atoms with Crippen molar-refractivity contribution >= 4 is 17.6 Å². The van der Waals surface area contributed by atoms with Crippen molar-refractivity contribution in [3.63, 3.8) is 0 Å². The number of hydrogen-bond acceptors (Lipinski definition) is 4. The van der Waals surface area contributed by atoms with Gasteiger partial charge in [-0.2, -0.15) is 0 Å². The molecule has 0 saturated heterocycles. The van der Waals surface area contributed by atoms with Gasteiger partial charge in [-0.05, 0) is 29.1 Å². The van der Waals surface area contributed by atoms with Crippen LogP contribution < -0.4 is 5.32 Å². The molecule has 0 aliphatic rings. The molecule has 4 nitrogen and oxygen atoms in total. The molecule has 1 atom stereocenters. The lowest BCUT2D eigenvalue weighted by Crippen LogP contribution is -2.46. The average molecular weight is 260 g/mol. The molecular formula is C12H18ClNO3. The number of ether oxygens (including phenoxy) is 1. The molecule has 1 unspecified atom stereocenters. The molecule has 1 rings (SSSR count). The summed E-state index contributed by atoms with van der Waals surface area (Å²) in [5.41, 5.74) is -0.233. The third kappa shape index (κ3) is 4.06. The molecule has 1 N–H and O–H groups in total. The molecule has 96 valence electrons. The molecule has 0 spiro atoms. The SMILES string of the molecule is COC(=O)C(NCc1ccc(Cl)o1)C(C)(C)C. The van der Waals surface area contributed by atoms with E-state index in [4.69, 9.17) is 20.8 Å². The third-order valence-corrected chi connectivity index (χ3v) is 2.62. The van der Waals surface area contributed by atoms with Gasteiger partial charge in [0.1, 0.15) is 11.8 Å². The fraction of sp³-hybridized carbons (Fsp3) is 0.583. The molecule has 1 heterocycles. The van der Waals surface area contributed by atoms with Crippen LogP contribution in [0, 0.1) is 5.41 Å². The maximum Gasteiger partial charge on any atom is 0.323 e. The highest BCUT2D eigenvalue weighted by molar-refractivity contribution is 6.28. The Labute approximate surface area is 106 Å². The standard InChI is InChI=1S/C12H18ClNO3/c1-12(2,3)10(11(15)16-4)14-7-8-5-6-9(13)17-8/h5-6,10,14H,7H2,1-4H3. The monoisotopic (exact) mass is 259 g/mol. The summed E-state index contributed by atoms with van der Waals surface area (Å²) < 4.78 is 9.99. The van der Waals surface area contributed by atoms with Crippen molar-refractivity contribution in [2.24, 2.45) is 5.41 Å². The second-order valence-corrected chi connectivity index (χ2v) is 5.28. The van der Waals surface area contributed by atoms with Crippen LogP contribution in [0.5, 0.6) is 0 Å². The number of methoxy groups -OCH3 is 1. The zero-order chi connectivity index (χ0) is 13.1. The summed E-state index contributed by atoms with van der Waals surface area (Å²) in [5, 5.41) is 3.45. The minimum Gasteiger partial charge on any atom is -0.468 e. The first kappa shape index (κ1) is 14.1. The van der Waals surface area contributed by atoms with Gasteiger partial charge in [0.05, 0.1) is 13.7 Å². The summed E-state index contributed by atoms with van der Waals surface area (Å²) in [5.74, 6) is 0.406. The Hall–Kier alpha value is -1.00. The van der Waals surface area contributed by atoms with E-state index >= 15 is 0 Å². The van der Waals surface area contributed by atoms with Crippen LogP contribution in [0.1, 0.15) is 26.5 Å². The zero-order valence-electron chi connectivity index (χ0n) is 10.5. The van der Waals surface area contributed by atoms with E-state index in [-0.39, 0.29) is 11.4 Å². The molecule has 1 aromatic rings. The number of esters is 1. The molecule has 0 aliphatic carbocycles. The van der Waals surface area contributed by atoms with Crippen LogP contribution >= 0.6 is 11.6 Å². The first-order valence-corrected chi connectivity index (χ1v) is 5.78. The van der Waals surface area contributed by atoms with E-state index < -0.39 is 6.04 Å². The van der Waals surface area contributed by atoms with Crippen LogP contribution in [0.4, 0.5) is 0 Å². The van der Waals surface area contributed by atoms with Gasteiger partial charge in [0, 0.05) is 0 Å². The largest absolute Gasteiger partial charge is 0.468 e. The Morgan fingerprint density at radius 1 is 1.53 bits per heavy atom. The van der Waals surface area contributed by atoms with Gasteiger partial charge in [0.15, 0.2) is 5.22 Å². The number of carbonyl (C=O) groups is 1. The molecule has 0 fully saturated rings. The van der Waals surface area contributed by atoms with E-state index in [1.165, 1.54) is 7.11 Å². The number of halogens is 1. The topological polar surface area (TPSA) is 51.5 Å². The lowest BCUT2D eigenvalue weighted by Gasteiger charge is -2.28. The molecule has 0 aromatic carbocycles. The highest BCUT2D eigenvalue weighted by atomic mass is 35.5. The second kappa shape index (κ2) is 5.56. The van der Waals surface area contributed by atoms with E-state index in [9.17, 15) is 4.79 Å². The van der Waals surface area contributed by atoms with E-state index in [1.54, 1.807) is 12.1 Å². The first-order valence-electron chi connectivity index (χ1n) is 5.40. The Morgan fingerprint density at radius 2 is 2.18 bits per heavy atom. The summed E-state index contributed by atoms with van der Waals surface area (Å²) in [6.45, 7) is 6.34. The summed E-state index contributed by atoms with van der Waals surface area (Å²) in [4.78, 5) is 11.6. The number of nitrogens with one attached hydrogen (secondary N) is 1. The molecular weight excluding hydrogens is 242 g/mol. The van der Waals surface area contributed by atoms with Gasteiger partial charge in [-0.3, -0.25) is 10.1 Å². The molecule has 1 aromatic heterocycles. The van der Waals surface area contributed by atoms with Crippen LogP contribution in [-0.2, 0) is 16.1 Å². The summed E-state index contributed by atoms with van der Waals surface area (Å²) in [6.07, 6.45) is 0. The molecule has 0 aliphatic heterocycles. The van der Waals surface area contributed by atoms with Crippen LogP contribution in [0.15, 0.2) is 16.5 Å². The summed E-state index contributed by atoms with van der Waals surface area (Å²) in [6, 6.07) is 3.05. The van der Waals surface area contributed by atoms with Crippen molar-refractivity contribution in [1.82, 2.24) is 5.32 Å². The summed E-state index contributed by atoms with van der Waals surface area (Å²) in [7, 11) is 1.38. The Bertz CT molecular complexity index is 381. The third-order valence-electron chi connectivity index (χ3n) is 2.41. The maximum absolute atomic E-state index is 11.6. The molecule has 0 amide bonds. The van der Waals surface area contributed by atoms with Gasteiger partial charge < -0.3 is 9.15 Å². The average Bonchev–Trinajstić information content (AvgIpc) is 2.62. The number of rotatable bonds is 4. The van der Waals surface area contributed by atoms with Crippen molar-refractivity contribution in [3.8, 4) is 0 Å². The molecule has 0 radical (unpaired) electrons. The molecule has 0 saturated carbocycles. The Morgan fingerprint density at radius 3 is 2.59 bits per heavy atom. The van der Waals surface area contributed by atoms with E-state index in [1.807, 2.05) is 20.8 Å². The van der Waals surface area contributed by atoms with Crippen molar-refractivity contribution < 1.29 is 13.9 Å². The number of furan rings is 1. The van der Waals surface area contributed by atoms with Crippen LogP contribution in [-0.4, -0.2) is 19.1 Å². The Balaban J connectivity index is 2.65. The summed E-state index contributed by atoms with van der Waals surface area (Å²) >= 11 is 5.67. The van der Waals surface area contributed by atoms with Crippen molar-refractivity contribution in [2.45, 2.75) is 33.4 Å². The fourth-order valence-corrected chi connectivity index (χ4v) is 1.67. The highest BCUT2D eigenvalue weighted by Gasteiger charge is 2.31. The molecule has 17 heavy (non-hydrogen) atoms. The first-order chi connectivity index (χ1) is 7.84. The minimum atomic E-state index is -0.392.